The molecule has 0 bridgehead atoms. The molecule has 2 heteroatoms. The van der Waals surface area contributed by atoms with E-state index >= 15 is 0 Å². The molecule has 1 fully saturated rings. The summed E-state index contributed by atoms with van der Waals surface area (Å²) in [6, 6.07) is 7.22. The van der Waals surface area contributed by atoms with Gasteiger partial charge in [-0.3, -0.25) is 0 Å². The first-order valence-electron chi connectivity index (χ1n) is 6.55. The molecule has 1 aromatic carbocycles. The molecule has 1 saturated carbocycles. The van der Waals surface area contributed by atoms with E-state index < -0.39 is 0 Å². The summed E-state index contributed by atoms with van der Waals surface area (Å²) in [5.74, 6) is 0. The van der Waals surface area contributed by atoms with Crippen LogP contribution >= 0.6 is 11.6 Å². The second-order valence-corrected chi connectivity index (χ2v) is 5.93. The van der Waals surface area contributed by atoms with Gasteiger partial charge in [0.2, 0.25) is 0 Å². The molecule has 1 nitrogen and oxygen atoms in total. The molecule has 0 amide bonds. The van der Waals surface area contributed by atoms with Gasteiger partial charge < -0.3 is 5.32 Å². The maximum absolute atomic E-state index is 6.24. The smallest absolute Gasteiger partial charge is 0.0438 e. The third-order valence-electron chi connectivity index (χ3n) is 4.10. The minimum absolute atomic E-state index is 0.296. The minimum atomic E-state index is 0.296. The predicted molar refractivity (Wildman–Crippen MR) is 74.9 cm³/mol. The van der Waals surface area contributed by atoms with Crippen molar-refractivity contribution in [2.45, 2.75) is 51.5 Å². The van der Waals surface area contributed by atoms with E-state index in [-0.39, 0.29) is 0 Å². The Morgan fingerprint density at radius 3 is 2.88 bits per heavy atom. The van der Waals surface area contributed by atoms with Gasteiger partial charge in [-0.2, -0.15) is 0 Å². The molecule has 1 aliphatic carbocycles. The lowest BCUT2D eigenvalue weighted by Gasteiger charge is -2.25. The van der Waals surface area contributed by atoms with Crippen molar-refractivity contribution in [2.75, 3.05) is 6.54 Å². The molecule has 0 saturated heterocycles. The molecular formula is C15H22ClN. The third-order valence-corrected chi connectivity index (χ3v) is 4.51. The van der Waals surface area contributed by atoms with Crippen molar-refractivity contribution in [1.82, 2.24) is 5.32 Å². The predicted octanol–water partition coefficient (Wildman–Crippen LogP) is 4.07. The van der Waals surface area contributed by atoms with Crippen LogP contribution in [-0.4, -0.2) is 12.6 Å². The second-order valence-electron chi connectivity index (χ2n) is 5.52. The molecule has 0 aromatic heterocycles. The van der Waals surface area contributed by atoms with E-state index in [0.717, 1.165) is 11.6 Å². The third kappa shape index (κ3) is 2.66. The Morgan fingerprint density at radius 2 is 2.24 bits per heavy atom. The van der Waals surface area contributed by atoms with Crippen molar-refractivity contribution >= 4 is 11.6 Å². The molecule has 0 radical (unpaired) electrons. The lowest BCUT2D eigenvalue weighted by molar-refractivity contribution is 0.458. The van der Waals surface area contributed by atoms with Crippen LogP contribution in [-0.2, 0) is 5.41 Å². The van der Waals surface area contributed by atoms with E-state index in [1.54, 1.807) is 0 Å². The van der Waals surface area contributed by atoms with Crippen LogP contribution in [0.3, 0.4) is 0 Å². The molecular weight excluding hydrogens is 230 g/mol. The van der Waals surface area contributed by atoms with E-state index in [1.807, 2.05) is 0 Å². The largest absolute Gasteiger partial charge is 0.314 e. The molecule has 2 atom stereocenters. The molecule has 0 aliphatic heterocycles. The van der Waals surface area contributed by atoms with E-state index in [2.05, 4.69) is 44.3 Å². The molecule has 0 spiro atoms. The van der Waals surface area contributed by atoms with Crippen LogP contribution in [0.5, 0.6) is 0 Å². The lowest BCUT2D eigenvalue weighted by atomic mass is 9.80. The van der Waals surface area contributed by atoms with Crippen molar-refractivity contribution in [3.8, 4) is 0 Å². The van der Waals surface area contributed by atoms with Crippen molar-refractivity contribution in [3.63, 3.8) is 0 Å². The van der Waals surface area contributed by atoms with Gasteiger partial charge in [-0.05, 0) is 55.3 Å². The first-order valence-corrected chi connectivity index (χ1v) is 6.93. The Morgan fingerprint density at radius 1 is 1.47 bits per heavy atom. The van der Waals surface area contributed by atoms with Crippen molar-refractivity contribution < 1.29 is 0 Å². The minimum Gasteiger partial charge on any atom is -0.314 e. The van der Waals surface area contributed by atoms with Gasteiger partial charge in [0.1, 0.15) is 0 Å². The van der Waals surface area contributed by atoms with Crippen LogP contribution in [0.25, 0.3) is 0 Å². The fourth-order valence-electron chi connectivity index (χ4n) is 2.93. The van der Waals surface area contributed by atoms with Gasteiger partial charge in [0, 0.05) is 11.1 Å². The number of halogens is 1. The lowest BCUT2D eigenvalue weighted by Crippen LogP contribution is -2.28. The Kier molecular flexibility index (Phi) is 3.79. The summed E-state index contributed by atoms with van der Waals surface area (Å²) in [6.45, 7) is 7.67. The fourth-order valence-corrected chi connectivity index (χ4v) is 3.11. The summed E-state index contributed by atoms with van der Waals surface area (Å²) < 4.78 is 0. The van der Waals surface area contributed by atoms with Crippen LogP contribution in [0.2, 0.25) is 5.02 Å². The number of hydrogen-bond donors (Lipinski definition) is 1. The van der Waals surface area contributed by atoms with E-state index in [1.165, 1.54) is 30.4 Å². The van der Waals surface area contributed by atoms with Gasteiger partial charge in [0.15, 0.2) is 0 Å². The number of nitrogens with one attached hydrogen (secondary N) is 1. The molecule has 1 aliphatic rings. The summed E-state index contributed by atoms with van der Waals surface area (Å²) in [7, 11) is 0. The highest BCUT2D eigenvalue weighted by atomic mass is 35.5. The van der Waals surface area contributed by atoms with Crippen LogP contribution < -0.4 is 5.32 Å². The zero-order chi connectivity index (χ0) is 12.5. The fraction of sp³-hybridized carbons (Fsp3) is 0.600. The van der Waals surface area contributed by atoms with Gasteiger partial charge in [0.05, 0.1) is 0 Å². The summed E-state index contributed by atoms with van der Waals surface area (Å²) in [5, 5.41) is 4.46. The van der Waals surface area contributed by atoms with Crippen molar-refractivity contribution in [3.05, 3.63) is 34.3 Å². The van der Waals surface area contributed by atoms with Crippen LogP contribution in [0.15, 0.2) is 18.2 Å². The Bertz CT molecular complexity index is 402. The van der Waals surface area contributed by atoms with Gasteiger partial charge >= 0.3 is 0 Å². The summed E-state index contributed by atoms with van der Waals surface area (Å²) in [5.41, 5.74) is 2.86. The molecule has 94 valence electrons. The normalized spacial score (nSPS) is 28.6. The zero-order valence-corrected chi connectivity index (χ0v) is 11.8. The number of benzene rings is 1. The zero-order valence-electron chi connectivity index (χ0n) is 11.0. The van der Waals surface area contributed by atoms with E-state index in [0.29, 0.717) is 11.5 Å². The molecule has 2 rings (SSSR count). The molecule has 2 unspecified atom stereocenters. The Hall–Kier alpha value is -0.530. The van der Waals surface area contributed by atoms with Crippen molar-refractivity contribution in [1.29, 1.82) is 0 Å². The quantitative estimate of drug-likeness (QED) is 0.854. The van der Waals surface area contributed by atoms with Crippen LogP contribution in [0.1, 0.15) is 44.2 Å². The van der Waals surface area contributed by atoms with E-state index in [4.69, 9.17) is 11.6 Å². The van der Waals surface area contributed by atoms with Gasteiger partial charge in [0.25, 0.3) is 0 Å². The maximum atomic E-state index is 6.24. The number of rotatable bonds is 3. The first-order chi connectivity index (χ1) is 8.05. The first kappa shape index (κ1) is 12.9. The van der Waals surface area contributed by atoms with Crippen LogP contribution in [0.4, 0.5) is 0 Å². The average Bonchev–Trinajstić information content (AvgIpc) is 2.66. The molecule has 1 aromatic rings. The summed E-state index contributed by atoms with van der Waals surface area (Å²) in [4.78, 5) is 0. The molecule has 17 heavy (non-hydrogen) atoms. The standard InChI is InChI=1S/C15H22ClN/c1-4-17-13-7-8-15(3,10-13)12-6-5-11(2)14(16)9-12/h5-6,9,13,17H,4,7-8,10H2,1-3H3. The average molecular weight is 252 g/mol. The molecule has 0 heterocycles. The summed E-state index contributed by atoms with van der Waals surface area (Å²) in [6.07, 6.45) is 3.75. The SMILES string of the molecule is CCNC1CCC(C)(c2ccc(C)c(Cl)c2)C1. The highest BCUT2D eigenvalue weighted by Gasteiger charge is 2.36. The van der Waals surface area contributed by atoms with Gasteiger partial charge in [-0.15, -0.1) is 0 Å². The maximum Gasteiger partial charge on any atom is 0.0438 e. The van der Waals surface area contributed by atoms with E-state index in [9.17, 15) is 0 Å². The number of hydrogen-bond acceptors (Lipinski definition) is 1. The van der Waals surface area contributed by atoms with Crippen molar-refractivity contribution in [2.24, 2.45) is 0 Å². The highest BCUT2D eigenvalue weighted by molar-refractivity contribution is 6.31. The van der Waals surface area contributed by atoms with Crippen LogP contribution in [0, 0.1) is 6.92 Å². The topological polar surface area (TPSA) is 12.0 Å². The monoisotopic (exact) mass is 251 g/mol. The Labute approximate surface area is 110 Å². The number of aryl methyl sites for hydroxylation is 1. The van der Waals surface area contributed by atoms with Gasteiger partial charge in [-0.25, -0.2) is 0 Å². The summed E-state index contributed by atoms with van der Waals surface area (Å²) >= 11 is 6.24. The molecule has 1 N–H and O–H groups in total. The highest BCUT2D eigenvalue weighted by Crippen LogP contribution is 2.41. The van der Waals surface area contributed by atoms with Gasteiger partial charge in [-0.1, -0.05) is 37.6 Å². The second kappa shape index (κ2) is 4.99. The Balaban J connectivity index is 2.18.